The van der Waals surface area contributed by atoms with Crippen molar-refractivity contribution in [1.29, 1.82) is 0 Å². The van der Waals surface area contributed by atoms with Crippen LogP contribution in [0.3, 0.4) is 0 Å². The SMILES string of the molecule is CC(C)(O)c1onc(-c2c(Cl)cccc2Cl)c1COC1C[C@H]2CC[C@@H](C1)C2=O. The molecule has 150 valence electrons. The summed E-state index contributed by atoms with van der Waals surface area (Å²) in [6.45, 7) is 3.47. The van der Waals surface area contributed by atoms with Gasteiger partial charge in [-0.25, -0.2) is 0 Å². The molecule has 1 unspecified atom stereocenters. The number of carbonyl (C=O) groups is 1. The first-order valence-corrected chi connectivity index (χ1v) is 10.3. The average molecular weight is 424 g/mol. The van der Waals surface area contributed by atoms with Gasteiger partial charge in [-0.1, -0.05) is 34.4 Å². The zero-order valence-electron chi connectivity index (χ0n) is 15.9. The highest BCUT2D eigenvalue weighted by atomic mass is 35.5. The minimum absolute atomic E-state index is 0.00863. The third-order valence-corrected chi connectivity index (χ3v) is 6.40. The van der Waals surface area contributed by atoms with Crippen molar-refractivity contribution in [2.75, 3.05) is 0 Å². The molecule has 1 aromatic heterocycles. The number of benzene rings is 1. The summed E-state index contributed by atoms with van der Waals surface area (Å²) in [6.07, 6.45) is 3.44. The van der Waals surface area contributed by atoms with Crippen molar-refractivity contribution in [2.45, 2.75) is 57.8 Å². The van der Waals surface area contributed by atoms with E-state index >= 15 is 0 Å². The first-order valence-electron chi connectivity index (χ1n) is 9.56. The van der Waals surface area contributed by atoms with Crippen LogP contribution in [0.25, 0.3) is 11.3 Å². The zero-order valence-corrected chi connectivity index (χ0v) is 17.4. The van der Waals surface area contributed by atoms with E-state index in [1.165, 1.54) is 0 Å². The van der Waals surface area contributed by atoms with Crippen LogP contribution in [-0.2, 0) is 21.7 Å². The molecule has 7 heteroatoms. The lowest BCUT2D eigenvalue weighted by Crippen LogP contribution is -2.31. The van der Waals surface area contributed by atoms with Crippen LogP contribution >= 0.6 is 23.2 Å². The van der Waals surface area contributed by atoms with Crippen LogP contribution in [0, 0.1) is 11.8 Å². The maximum atomic E-state index is 12.1. The zero-order chi connectivity index (χ0) is 20.1. The number of halogens is 2. The average Bonchev–Trinajstić information content (AvgIpc) is 3.10. The summed E-state index contributed by atoms with van der Waals surface area (Å²) in [5.74, 6) is 0.966. The lowest BCUT2D eigenvalue weighted by atomic mass is 9.86. The number of fused-ring (bicyclic) bond motifs is 2. The molecule has 2 aliphatic rings. The van der Waals surface area contributed by atoms with Gasteiger partial charge in [-0.15, -0.1) is 0 Å². The Morgan fingerprint density at radius 1 is 1.21 bits per heavy atom. The van der Waals surface area contributed by atoms with Crippen LogP contribution in [0.15, 0.2) is 22.7 Å². The first kappa shape index (κ1) is 19.9. The number of ether oxygens (including phenoxy) is 1. The fourth-order valence-corrected chi connectivity index (χ4v) is 4.98. The lowest BCUT2D eigenvalue weighted by Gasteiger charge is -2.27. The number of ketones is 1. The van der Waals surface area contributed by atoms with Crippen molar-refractivity contribution >= 4 is 29.0 Å². The van der Waals surface area contributed by atoms with E-state index in [0.717, 1.165) is 25.7 Å². The van der Waals surface area contributed by atoms with E-state index in [4.69, 9.17) is 32.5 Å². The van der Waals surface area contributed by atoms with Crippen molar-refractivity contribution in [2.24, 2.45) is 11.8 Å². The number of nitrogens with zero attached hydrogens (tertiary/aromatic N) is 1. The van der Waals surface area contributed by atoms with E-state index in [1.54, 1.807) is 32.0 Å². The molecule has 1 heterocycles. The smallest absolute Gasteiger partial charge is 0.173 e. The Kier molecular flexibility index (Phi) is 5.29. The molecule has 5 nitrogen and oxygen atoms in total. The predicted octanol–water partition coefficient (Wildman–Crippen LogP) is 5.15. The second-order valence-corrected chi connectivity index (χ2v) is 9.09. The number of Topliss-reactive ketones (excluding diaryl/α,β-unsaturated/α-hetero) is 1. The molecule has 2 saturated carbocycles. The number of rotatable bonds is 5. The van der Waals surface area contributed by atoms with Crippen molar-refractivity contribution in [1.82, 2.24) is 5.16 Å². The minimum Gasteiger partial charge on any atom is -0.382 e. The topological polar surface area (TPSA) is 72.6 Å². The Morgan fingerprint density at radius 2 is 1.82 bits per heavy atom. The van der Waals surface area contributed by atoms with Crippen molar-refractivity contribution < 1.29 is 19.2 Å². The quantitative estimate of drug-likeness (QED) is 0.719. The van der Waals surface area contributed by atoms with Gasteiger partial charge in [0, 0.05) is 17.4 Å². The number of hydrogen-bond acceptors (Lipinski definition) is 5. The van der Waals surface area contributed by atoms with Gasteiger partial charge in [0.2, 0.25) is 0 Å². The standard InChI is InChI=1S/C21H23Cl2NO4/c1-21(2,26)20-14(10-27-13-8-11-6-7-12(9-13)19(11)25)18(24-28-20)17-15(22)4-3-5-16(17)23/h3-5,11-13,26H,6-10H2,1-2H3/t11-,12+,13?. The largest absolute Gasteiger partial charge is 0.382 e. The maximum Gasteiger partial charge on any atom is 0.173 e. The third-order valence-electron chi connectivity index (χ3n) is 5.77. The van der Waals surface area contributed by atoms with Crippen molar-refractivity contribution in [3.63, 3.8) is 0 Å². The molecular weight excluding hydrogens is 401 g/mol. The van der Waals surface area contributed by atoms with Crippen LogP contribution < -0.4 is 0 Å². The van der Waals surface area contributed by atoms with Crippen LogP contribution in [0.5, 0.6) is 0 Å². The molecule has 1 aromatic carbocycles. The van der Waals surface area contributed by atoms with Gasteiger partial charge in [0.25, 0.3) is 0 Å². The summed E-state index contributed by atoms with van der Waals surface area (Å²) in [5, 5.41) is 15.6. The summed E-state index contributed by atoms with van der Waals surface area (Å²) in [6, 6.07) is 5.22. The van der Waals surface area contributed by atoms with Gasteiger partial charge in [-0.05, 0) is 51.7 Å². The van der Waals surface area contributed by atoms with Gasteiger partial charge >= 0.3 is 0 Å². The molecule has 0 aliphatic heterocycles. The Balaban J connectivity index is 1.64. The molecule has 2 fully saturated rings. The number of carbonyl (C=O) groups excluding carboxylic acids is 1. The van der Waals surface area contributed by atoms with Gasteiger partial charge < -0.3 is 14.4 Å². The van der Waals surface area contributed by atoms with E-state index in [2.05, 4.69) is 5.16 Å². The van der Waals surface area contributed by atoms with Crippen molar-refractivity contribution in [3.05, 3.63) is 39.6 Å². The molecule has 3 atom stereocenters. The highest BCUT2D eigenvalue weighted by molar-refractivity contribution is 6.39. The Hall–Kier alpha value is -1.40. The second-order valence-electron chi connectivity index (χ2n) is 8.27. The molecule has 0 amide bonds. The molecule has 0 spiro atoms. The van der Waals surface area contributed by atoms with Crippen molar-refractivity contribution in [3.8, 4) is 11.3 Å². The molecule has 28 heavy (non-hydrogen) atoms. The summed E-state index contributed by atoms with van der Waals surface area (Å²) >= 11 is 12.7. The molecule has 2 aromatic rings. The van der Waals surface area contributed by atoms with Gasteiger partial charge in [0.05, 0.1) is 28.3 Å². The van der Waals surface area contributed by atoms with Gasteiger partial charge in [0.1, 0.15) is 17.1 Å². The van der Waals surface area contributed by atoms with Crippen LogP contribution in [0.4, 0.5) is 0 Å². The number of aliphatic hydroxyl groups is 1. The van der Waals surface area contributed by atoms with Gasteiger partial charge in [-0.3, -0.25) is 4.79 Å². The Labute approximate surface area is 173 Å². The predicted molar refractivity (Wildman–Crippen MR) is 106 cm³/mol. The normalized spacial score (nSPS) is 24.8. The van der Waals surface area contributed by atoms with Gasteiger partial charge in [-0.2, -0.15) is 0 Å². The lowest BCUT2D eigenvalue weighted by molar-refractivity contribution is -0.130. The molecule has 1 N–H and O–H groups in total. The molecular formula is C21H23Cl2NO4. The molecule has 2 bridgehead atoms. The third kappa shape index (κ3) is 3.61. The second kappa shape index (κ2) is 7.45. The highest BCUT2D eigenvalue weighted by Gasteiger charge is 2.42. The summed E-state index contributed by atoms with van der Waals surface area (Å²) in [7, 11) is 0. The fraction of sp³-hybridized carbons (Fsp3) is 0.524. The highest BCUT2D eigenvalue weighted by Crippen LogP contribution is 2.42. The first-order chi connectivity index (χ1) is 13.3. The van der Waals surface area contributed by atoms with Gasteiger partial charge in [0.15, 0.2) is 5.76 Å². The maximum absolute atomic E-state index is 12.1. The van der Waals surface area contributed by atoms with E-state index in [1.807, 2.05) is 0 Å². The summed E-state index contributed by atoms with van der Waals surface area (Å²) < 4.78 is 11.7. The number of hydrogen-bond donors (Lipinski definition) is 1. The van der Waals surface area contributed by atoms with Crippen LogP contribution in [0.1, 0.15) is 50.9 Å². The van der Waals surface area contributed by atoms with Crippen LogP contribution in [0.2, 0.25) is 10.0 Å². The van der Waals surface area contributed by atoms with E-state index < -0.39 is 5.60 Å². The van der Waals surface area contributed by atoms with E-state index in [-0.39, 0.29) is 24.5 Å². The summed E-state index contributed by atoms with van der Waals surface area (Å²) in [4.78, 5) is 12.1. The van der Waals surface area contributed by atoms with E-state index in [9.17, 15) is 9.90 Å². The Bertz CT molecular complexity index is 866. The minimum atomic E-state index is -1.24. The van der Waals surface area contributed by atoms with Crippen LogP contribution in [-0.4, -0.2) is 22.2 Å². The molecule has 0 radical (unpaired) electrons. The monoisotopic (exact) mass is 423 g/mol. The number of aromatic nitrogens is 1. The summed E-state index contributed by atoms with van der Waals surface area (Å²) in [5.41, 5.74) is 0.427. The molecule has 0 saturated heterocycles. The molecule has 2 aliphatic carbocycles. The Morgan fingerprint density at radius 3 is 2.39 bits per heavy atom. The van der Waals surface area contributed by atoms with E-state index in [0.29, 0.717) is 38.4 Å². The molecule has 4 rings (SSSR count). The fourth-order valence-electron chi connectivity index (χ4n) is 4.40.